The molecule has 0 aliphatic heterocycles. The van der Waals surface area contributed by atoms with Crippen molar-refractivity contribution in [3.63, 3.8) is 0 Å². The molecule has 0 aromatic heterocycles. The predicted molar refractivity (Wildman–Crippen MR) is 70.3 cm³/mol. The molecule has 2 heteroatoms. The van der Waals surface area contributed by atoms with Crippen LogP contribution < -0.4 is 0 Å². The van der Waals surface area contributed by atoms with Crippen molar-refractivity contribution in [3.8, 4) is 0 Å². The summed E-state index contributed by atoms with van der Waals surface area (Å²) in [7, 11) is 0. The van der Waals surface area contributed by atoms with E-state index in [2.05, 4.69) is 13.5 Å². The summed E-state index contributed by atoms with van der Waals surface area (Å²) < 4.78 is 0. The van der Waals surface area contributed by atoms with Gasteiger partial charge in [0, 0.05) is 13.1 Å². The van der Waals surface area contributed by atoms with Crippen LogP contribution in [-0.2, 0) is 4.79 Å². The molecule has 0 aromatic carbocycles. The van der Waals surface area contributed by atoms with Gasteiger partial charge in [0.1, 0.15) is 0 Å². The molecule has 0 aliphatic rings. The Hall–Kier alpha value is -1.31. The van der Waals surface area contributed by atoms with Gasteiger partial charge in [-0.3, -0.25) is 4.79 Å². The first-order valence-corrected chi connectivity index (χ1v) is 5.91. The highest BCUT2D eigenvalue weighted by Gasteiger charge is 2.10. The highest BCUT2D eigenvalue weighted by Crippen LogP contribution is 2.07. The molecule has 0 unspecified atom stereocenters. The van der Waals surface area contributed by atoms with Crippen molar-refractivity contribution in [1.29, 1.82) is 0 Å². The molecule has 90 valence electrons. The van der Waals surface area contributed by atoms with Crippen molar-refractivity contribution >= 4 is 5.91 Å². The highest BCUT2D eigenvalue weighted by atomic mass is 16.2. The van der Waals surface area contributed by atoms with Crippen LogP contribution in [0.25, 0.3) is 0 Å². The van der Waals surface area contributed by atoms with Gasteiger partial charge in [-0.25, -0.2) is 0 Å². The average molecular weight is 221 g/mol. The van der Waals surface area contributed by atoms with Gasteiger partial charge in [-0.15, -0.1) is 0 Å². The summed E-state index contributed by atoms with van der Waals surface area (Å²) in [6.07, 6.45) is 8.97. The van der Waals surface area contributed by atoms with Gasteiger partial charge in [0.05, 0.1) is 6.42 Å². The van der Waals surface area contributed by atoms with E-state index < -0.39 is 0 Å². The number of hydrogen-bond acceptors (Lipinski definition) is 1. The number of allylic oxidation sites excluding steroid dienone is 4. The van der Waals surface area contributed by atoms with Gasteiger partial charge in [-0.1, -0.05) is 37.8 Å². The monoisotopic (exact) mass is 221 g/mol. The number of carbonyl (C=O) groups excluding carboxylic acids is 1. The first-order valence-electron chi connectivity index (χ1n) is 5.91. The molecule has 0 saturated heterocycles. The SMILES string of the molecule is C=C/C=C\C(=C/C)CC(=O)N(CC)CCC. The third-order valence-corrected chi connectivity index (χ3v) is 2.40. The molecule has 0 aliphatic carbocycles. The van der Waals surface area contributed by atoms with Gasteiger partial charge in [0.2, 0.25) is 5.91 Å². The fourth-order valence-electron chi connectivity index (χ4n) is 1.46. The Labute approximate surface area is 99.3 Å². The van der Waals surface area contributed by atoms with Crippen LogP contribution in [0.1, 0.15) is 33.6 Å². The second-order valence-electron chi connectivity index (χ2n) is 3.61. The van der Waals surface area contributed by atoms with Crippen LogP contribution in [0.3, 0.4) is 0 Å². The third-order valence-electron chi connectivity index (χ3n) is 2.40. The van der Waals surface area contributed by atoms with E-state index in [0.717, 1.165) is 25.1 Å². The van der Waals surface area contributed by atoms with Crippen LogP contribution in [0, 0.1) is 0 Å². The third kappa shape index (κ3) is 5.54. The lowest BCUT2D eigenvalue weighted by Crippen LogP contribution is -2.31. The van der Waals surface area contributed by atoms with E-state index in [-0.39, 0.29) is 5.91 Å². The zero-order valence-electron chi connectivity index (χ0n) is 10.7. The van der Waals surface area contributed by atoms with Crippen LogP contribution in [-0.4, -0.2) is 23.9 Å². The van der Waals surface area contributed by atoms with E-state index >= 15 is 0 Å². The standard InChI is InChI=1S/C14H23NO/c1-5-9-10-13(7-3)12-14(16)15(8-4)11-6-2/h5,7,9-10H,1,6,8,11-12H2,2-4H3/b10-9-,13-7+. The minimum Gasteiger partial charge on any atom is -0.343 e. The summed E-state index contributed by atoms with van der Waals surface area (Å²) in [5.74, 6) is 0.200. The summed E-state index contributed by atoms with van der Waals surface area (Å²) in [6.45, 7) is 11.3. The van der Waals surface area contributed by atoms with E-state index in [4.69, 9.17) is 0 Å². The maximum atomic E-state index is 11.9. The quantitative estimate of drug-likeness (QED) is 0.604. The molecule has 0 rings (SSSR count). The molecule has 0 fully saturated rings. The molecule has 0 radical (unpaired) electrons. The molecular weight excluding hydrogens is 198 g/mol. The predicted octanol–water partition coefficient (Wildman–Crippen LogP) is 3.32. The van der Waals surface area contributed by atoms with E-state index in [1.54, 1.807) is 6.08 Å². The minimum atomic E-state index is 0.200. The molecule has 0 aromatic rings. The Morgan fingerprint density at radius 1 is 1.38 bits per heavy atom. The molecule has 0 bridgehead atoms. The van der Waals surface area contributed by atoms with Gasteiger partial charge in [0.25, 0.3) is 0 Å². The van der Waals surface area contributed by atoms with Crippen LogP contribution in [0.15, 0.2) is 36.5 Å². The van der Waals surface area contributed by atoms with Crippen molar-refractivity contribution in [1.82, 2.24) is 4.90 Å². The number of amides is 1. The lowest BCUT2D eigenvalue weighted by atomic mass is 10.1. The number of carbonyl (C=O) groups is 1. The minimum absolute atomic E-state index is 0.200. The Bertz CT molecular complexity index is 276. The Morgan fingerprint density at radius 2 is 2.06 bits per heavy atom. The van der Waals surface area contributed by atoms with Gasteiger partial charge in [-0.05, 0) is 25.8 Å². The van der Waals surface area contributed by atoms with E-state index in [9.17, 15) is 4.79 Å². The van der Waals surface area contributed by atoms with Crippen LogP contribution in [0.5, 0.6) is 0 Å². The molecule has 0 atom stereocenters. The summed E-state index contributed by atoms with van der Waals surface area (Å²) in [4.78, 5) is 13.8. The normalized spacial score (nSPS) is 11.8. The van der Waals surface area contributed by atoms with Crippen molar-refractivity contribution in [2.24, 2.45) is 0 Å². The van der Waals surface area contributed by atoms with E-state index in [0.29, 0.717) is 6.42 Å². The number of hydrogen-bond donors (Lipinski definition) is 0. The first kappa shape index (κ1) is 14.7. The summed E-state index contributed by atoms with van der Waals surface area (Å²) in [5.41, 5.74) is 1.04. The molecule has 0 N–H and O–H groups in total. The number of nitrogens with zero attached hydrogens (tertiary/aromatic N) is 1. The summed E-state index contributed by atoms with van der Waals surface area (Å²) >= 11 is 0. The lowest BCUT2D eigenvalue weighted by Gasteiger charge is -2.20. The highest BCUT2D eigenvalue weighted by molar-refractivity contribution is 5.79. The smallest absolute Gasteiger partial charge is 0.226 e. The van der Waals surface area contributed by atoms with Crippen LogP contribution in [0.4, 0.5) is 0 Å². The zero-order valence-corrected chi connectivity index (χ0v) is 10.7. The molecule has 0 heterocycles. The summed E-state index contributed by atoms with van der Waals surface area (Å²) in [5, 5.41) is 0. The largest absolute Gasteiger partial charge is 0.343 e. The first-order chi connectivity index (χ1) is 7.69. The zero-order chi connectivity index (χ0) is 12.4. The van der Waals surface area contributed by atoms with Crippen molar-refractivity contribution in [2.45, 2.75) is 33.6 Å². The van der Waals surface area contributed by atoms with Crippen molar-refractivity contribution < 1.29 is 4.79 Å². The lowest BCUT2D eigenvalue weighted by molar-refractivity contribution is -0.130. The van der Waals surface area contributed by atoms with Gasteiger partial charge >= 0.3 is 0 Å². The fourth-order valence-corrected chi connectivity index (χ4v) is 1.46. The van der Waals surface area contributed by atoms with Crippen LogP contribution >= 0.6 is 0 Å². The number of rotatable bonds is 7. The molecule has 16 heavy (non-hydrogen) atoms. The molecular formula is C14H23NO. The second kappa shape index (κ2) is 8.96. The maximum absolute atomic E-state index is 11.9. The van der Waals surface area contributed by atoms with Crippen molar-refractivity contribution in [3.05, 3.63) is 36.5 Å². The van der Waals surface area contributed by atoms with E-state index in [1.165, 1.54) is 0 Å². The molecule has 2 nitrogen and oxygen atoms in total. The molecule has 0 spiro atoms. The average Bonchev–Trinajstić information content (AvgIpc) is 2.30. The van der Waals surface area contributed by atoms with Crippen LogP contribution in [0.2, 0.25) is 0 Å². The van der Waals surface area contributed by atoms with Gasteiger partial charge < -0.3 is 4.90 Å². The van der Waals surface area contributed by atoms with Gasteiger partial charge in [-0.2, -0.15) is 0 Å². The summed E-state index contributed by atoms with van der Waals surface area (Å²) in [6, 6.07) is 0. The maximum Gasteiger partial charge on any atom is 0.226 e. The Kier molecular flexibility index (Phi) is 8.22. The molecule has 1 amide bonds. The van der Waals surface area contributed by atoms with Gasteiger partial charge in [0.15, 0.2) is 0 Å². The fraction of sp³-hybridized carbons (Fsp3) is 0.500. The van der Waals surface area contributed by atoms with Crippen molar-refractivity contribution in [2.75, 3.05) is 13.1 Å². The Balaban J connectivity index is 4.39. The second-order valence-corrected chi connectivity index (χ2v) is 3.61. The Morgan fingerprint density at radius 3 is 2.50 bits per heavy atom. The topological polar surface area (TPSA) is 20.3 Å². The molecule has 0 saturated carbocycles. The van der Waals surface area contributed by atoms with E-state index in [1.807, 2.05) is 37.0 Å².